The van der Waals surface area contributed by atoms with Gasteiger partial charge in [-0.2, -0.15) is 4.57 Å². The monoisotopic (exact) mass is 577 g/mol. The highest BCUT2D eigenvalue weighted by atomic mass is 32.1. The van der Waals surface area contributed by atoms with Crippen molar-refractivity contribution >= 4 is 22.9 Å². The van der Waals surface area contributed by atoms with Crippen LogP contribution < -0.4 is 14.6 Å². The van der Waals surface area contributed by atoms with E-state index < -0.39 is 0 Å². The van der Waals surface area contributed by atoms with Gasteiger partial charge in [0.1, 0.15) is 12.8 Å². The number of aryl methyl sites for hydroxylation is 1. The van der Waals surface area contributed by atoms with Gasteiger partial charge in [-0.05, 0) is 29.5 Å². The molecule has 0 atom stereocenters. The zero-order valence-corrected chi connectivity index (χ0v) is 27.1. The molecule has 1 heterocycles. The van der Waals surface area contributed by atoms with Crippen LogP contribution in [-0.4, -0.2) is 12.5 Å². The van der Waals surface area contributed by atoms with Crippen molar-refractivity contribution in [3.8, 4) is 16.3 Å². The lowest BCUT2D eigenvalue weighted by Gasteiger charge is -2.25. The van der Waals surface area contributed by atoms with Crippen molar-refractivity contribution in [3.63, 3.8) is 0 Å². The van der Waals surface area contributed by atoms with Crippen LogP contribution in [0.1, 0.15) is 116 Å². The maximum atomic E-state index is 13.3. The average molecular weight is 578 g/mol. The van der Waals surface area contributed by atoms with Gasteiger partial charge in [-0.1, -0.05) is 140 Å². The lowest BCUT2D eigenvalue weighted by Crippen LogP contribution is -2.27. The third-order valence-corrected chi connectivity index (χ3v) is 8.70. The SMILES string of the molecule is CCCCCCCCCCCCCCOc1c(CC(=O)Nc2ccccc2-c2scc[n+]2C)cccc1C(C)(C)C. The van der Waals surface area contributed by atoms with Gasteiger partial charge in [0.2, 0.25) is 5.91 Å². The molecule has 0 aliphatic heterocycles. The minimum absolute atomic E-state index is 0.0297. The number of amides is 1. The molecule has 0 saturated heterocycles. The molecule has 0 bridgehead atoms. The van der Waals surface area contributed by atoms with E-state index in [-0.39, 0.29) is 17.7 Å². The second kappa shape index (κ2) is 17.3. The minimum Gasteiger partial charge on any atom is -0.493 e. The lowest BCUT2D eigenvalue weighted by molar-refractivity contribution is -0.655. The first-order chi connectivity index (χ1) is 19.8. The highest BCUT2D eigenvalue weighted by Crippen LogP contribution is 2.35. The Bertz CT molecular complexity index is 1190. The molecule has 5 heteroatoms. The topological polar surface area (TPSA) is 42.2 Å². The normalized spacial score (nSPS) is 11.5. The van der Waals surface area contributed by atoms with Gasteiger partial charge in [0.15, 0.2) is 6.20 Å². The van der Waals surface area contributed by atoms with E-state index in [0.717, 1.165) is 39.6 Å². The number of thiazole rings is 1. The molecule has 1 amide bonds. The van der Waals surface area contributed by atoms with E-state index in [1.165, 1.54) is 70.6 Å². The molecule has 0 unspecified atom stereocenters. The van der Waals surface area contributed by atoms with Gasteiger partial charge in [-0.15, -0.1) is 0 Å². The van der Waals surface area contributed by atoms with Crippen molar-refractivity contribution in [2.75, 3.05) is 11.9 Å². The van der Waals surface area contributed by atoms with Crippen LogP contribution in [0.3, 0.4) is 0 Å². The molecular formula is C36H53N2O2S+. The van der Waals surface area contributed by atoms with Crippen molar-refractivity contribution in [2.24, 2.45) is 7.05 Å². The summed E-state index contributed by atoms with van der Waals surface area (Å²) in [6.45, 7) is 9.60. The van der Waals surface area contributed by atoms with Crippen LogP contribution in [0.25, 0.3) is 10.6 Å². The van der Waals surface area contributed by atoms with Gasteiger partial charge >= 0.3 is 0 Å². The van der Waals surface area contributed by atoms with Crippen molar-refractivity contribution in [3.05, 3.63) is 65.2 Å². The Morgan fingerprint density at radius 2 is 1.49 bits per heavy atom. The lowest BCUT2D eigenvalue weighted by atomic mass is 9.84. The number of ether oxygens (including phenoxy) is 1. The highest BCUT2D eigenvalue weighted by molar-refractivity contribution is 7.12. The Morgan fingerprint density at radius 1 is 0.854 bits per heavy atom. The molecule has 41 heavy (non-hydrogen) atoms. The number of hydrogen-bond donors (Lipinski definition) is 1. The Hall–Kier alpha value is -2.66. The summed E-state index contributed by atoms with van der Waals surface area (Å²) in [5.41, 5.74) is 3.91. The van der Waals surface area contributed by atoms with E-state index in [1.54, 1.807) is 11.3 Å². The number of nitrogens with one attached hydrogen (secondary N) is 1. The number of rotatable bonds is 18. The molecule has 0 fully saturated rings. The number of para-hydroxylation sites is 2. The fraction of sp³-hybridized carbons (Fsp3) is 0.556. The largest absolute Gasteiger partial charge is 0.493 e. The molecule has 1 N–H and O–H groups in total. The first-order valence-corrected chi connectivity index (χ1v) is 16.8. The average Bonchev–Trinajstić information content (AvgIpc) is 3.37. The third kappa shape index (κ3) is 10.9. The number of aromatic nitrogens is 1. The van der Waals surface area contributed by atoms with Crippen LogP contribution in [0, 0.1) is 0 Å². The van der Waals surface area contributed by atoms with E-state index >= 15 is 0 Å². The summed E-state index contributed by atoms with van der Waals surface area (Å²) < 4.78 is 8.54. The maximum Gasteiger partial charge on any atom is 0.270 e. The van der Waals surface area contributed by atoms with Crippen LogP contribution in [0.4, 0.5) is 5.69 Å². The fourth-order valence-electron chi connectivity index (χ4n) is 5.34. The Labute approximate surface area is 253 Å². The Morgan fingerprint density at radius 3 is 2.10 bits per heavy atom. The van der Waals surface area contributed by atoms with Gasteiger partial charge in [0.05, 0.1) is 29.7 Å². The Kier molecular flexibility index (Phi) is 13.9. The quantitative estimate of drug-likeness (QED) is 0.121. The summed E-state index contributed by atoms with van der Waals surface area (Å²) in [5.74, 6) is 0.856. The molecule has 1 aromatic heterocycles. The predicted molar refractivity (Wildman–Crippen MR) is 175 cm³/mol. The summed E-state index contributed by atoms with van der Waals surface area (Å²) in [6, 6.07) is 14.3. The van der Waals surface area contributed by atoms with Crippen molar-refractivity contribution in [1.29, 1.82) is 0 Å². The summed E-state index contributed by atoms with van der Waals surface area (Å²) in [7, 11) is 2.03. The predicted octanol–water partition coefficient (Wildman–Crippen LogP) is 9.80. The molecule has 224 valence electrons. The van der Waals surface area contributed by atoms with Gasteiger partial charge in [-0.25, -0.2) is 0 Å². The van der Waals surface area contributed by atoms with Gasteiger partial charge in [0, 0.05) is 5.56 Å². The zero-order chi connectivity index (χ0) is 29.5. The number of anilines is 1. The van der Waals surface area contributed by atoms with E-state index in [9.17, 15) is 4.79 Å². The number of carbonyl (C=O) groups excluding carboxylic acids is 1. The fourth-order valence-corrected chi connectivity index (χ4v) is 6.24. The summed E-state index contributed by atoms with van der Waals surface area (Å²) in [4.78, 5) is 13.3. The molecular weight excluding hydrogens is 524 g/mol. The van der Waals surface area contributed by atoms with E-state index in [2.05, 4.69) is 61.2 Å². The van der Waals surface area contributed by atoms with Crippen molar-refractivity contribution in [2.45, 2.75) is 117 Å². The molecule has 0 aliphatic carbocycles. The minimum atomic E-state index is -0.0706. The molecule has 3 rings (SSSR count). The first-order valence-electron chi connectivity index (χ1n) is 15.9. The number of benzene rings is 2. The zero-order valence-electron chi connectivity index (χ0n) is 26.3. The van der Waals surface area contributed by atoms with Crippen molar-refractivity contribution < 1.29 is 14.1 Å². The second-order valence-electron chi connectivity index (χ2n) is 12.4. The second-order valence-corrected chi connectivity index (χ2v) is 13.3. The molecule has 0 radical (unpaired) electrons. The van der Waals surface area contributed by atoms with Crippen LogP contribution in [-0.2, 0) is 23.7 Å². The molecule has 2 aromatic carbocycles. The molecule has 0 aliphatic rings. The highest BCUT2D eigenvalue weighted by Gasteiger charge is 2.23. The molecule has 0 saturated carbocycles. The van der Waals surface area contributed by atoms with E-state index in [1.807, 2.05) is 37.5 Å². The first kappa shape index (κ1) is 32.8. The molecule has 3 aromatic rings. The molecule has 4 nitrogen and oxygen atoms in total. The molecule has 0 spiro atoms. The van der Waals surface area contributed by atoms with E-state index in [0.29, 0.717) is 6.61 Å². The van der Waals surface area contributed by atoms with Gasteiger partial charge in [-0.3, -0.25) is 4.79 Å². The third-order valence-electron chi connectivity index (χ3n) is 7.72. The smallest absolute Gasteiger partial charge is 0.270 e. The van der Waals surface area contributed by atoms with Crippen LogP contribution in [0.15, 0.2) is 54.0 Å². The van der Waals surface area contributed by atoms with Crippen molar-refractivity contribution in [1.82, 2.24) is 0 Å². The maximum absolute atomic E-state index is 13.3. The van der Waals surface area contributed by atoms with Gasteiger partial charge in [0.25, 0.3) is 5.01 Å². The van der Waals surface area contributed by atoms with Crippen LogP contribution in [0.5, 0.6) is 5.75 Å². The number of unbranched alkanes of at least 4 members (excludes halogenated alkanes) is 11. The summed E-state index contributed by atoms with van der Waals surface area (Å²) in [6.07, 6.45) is 18.2. The number of hydrogen-bond acceptors (Lipinski definition) is 3. The van der Waals surface area contributed by atoms with Gasteiger partial charge < -0.3 is 10.1 Å². The van der Waals surface area contributed by atoms with Crippen LogP contribution >= 0.6 is 11.3 Å². The Balaban J connectivity index is 1.53. The number of nitrogens with zero attached hydrogens (tertiary/aromatic N) is 1. The summed E-state index contributed by atoms with van der Waals surface area (Å²) in [5, 5.41) is 6.35. The van der Waals surface area contributed by atoms with E-state index in [4.69, 9.17) is 4.74 Å². The summed E-state index contributed by atoms with van der Waals surface area (Å²) >= 11 is 1.67. The number of carbonyl (C=O) groups is 1. The van der Waals surface area contributed by atoms with Crippen LogP contribution in [0.2, 0.25) is 0 Å². The standard InChI is InChI=1S/C36H52N2O2S/c1-6-7-8-9-10-11-12-13-14-15-16-19-26-40-34-29(21-20-23-31(34)36(2,3)4)28-33(39)37-32-24-18-17-22-30(32)35-38(5)25-27-41-35/h17-18,20-25,27H,6-16,19,26,28H2,1-5H3/p+1.